The molecule has 1 fully saturated rings. The van der Waals surface area contributed by atoms with Crippen molar-refractivity contribution in [1.29, 1.82) is 0 Å². The third-order valence-corrected chi connectivity index (χ3v) is 5.11. The average molecular weight is 283 g/mol. The fraction of sp³-hybridized carbons (Fsp3) is 0.538. The summed E-state index contributed by atoms with van der Waals surface area (Å²) >= 11 is 0. The normalized spacial score (nSPS) is 17.7. The first-order valence-corrected chi connectivity index (χ1v) is 8.03. The molecule has 0 radical (unpaired) electrons. The van der Waals surface area contributed by atoms with Crippen LogP contribution in [0, 0.1) is 0 Å². The molecular weight excluding hydrogens is 262 g/mol. The summed E-state index contributed by atoms with van der Waals surface area (Å²) in [6.45, 7) is 4.65. The van der Waals surface area contributed by atoms with Crippen molar-refractivity contribution in [3.63, 3.8) is 0 Å². The Morgan fingerprint density at radius 3 is 2.16 bits per heavy atom. The maximum atomic E-state index is 11.7. The second-order valence-corrected chi connectivity index (χ2v) is 6.49. The van der Waals surface area contributed by atoms with Crippen LogP contribution in [0.15, 0.2) is 24.3 Å². The Bertz CT molecular complexity index is 505. The summed E-state index contributed by atoms with van der Waals surface area (Å²) in [6, 6.07) is 8.49. The van der Waals surface area contributed by atoms with Crippen LogP contribution in [0.3, 0.4) is 0 Å². The fourth-order valence-corrected chi connectivity index (χ4v) is 3.16. The zero-order valence-electron chi connectivity index (χ0n) is 11.5. The Morgan fingerprint density at radius 1 is 1.11 bits per heavy atom. The molecule has 0 saturated carbocycles. The molecule has 1 aliphatic rings. The van der Waals surface area contributed by atoms with Gasteiger partial charge in [0.05, 0.1) is 0 Å². The topological polar surface area (TPSA) is 52.7 Å². The molecule has 106 valence electrons. The lowest BCUT2D eigenvalue weighted by Crippen LogP contribution is -2.51. The largest absolute Gasteiger partial charge is 0.369 e. The molecule has 1 aromatic rings. The summed E-state index contributed by atoms with van der Waals surface area (Å²) in [5, 5.41) is 0. The van der Waals surface area contributed by atoms with Gasteiger partial charge in [-0.05, 0) is 24.1 Å². The lowest BCUT2D eigenvalue weighted by Gasteiger charge is -2.35. The van der Waals surface area contributed by atoms with Gasteiger partial charge in [0, 0.05) is 38.9 Å². The van der Waals surface area contributed by atoms with E-state index < -0.39 is 10.2 Å². The summed E-state index contributed by atoms with van der Waals surface area (Å²) in [5.41, 5.74) is 2.49. The van der Waals surface area contributed by atoms with Gasteiger partial charge in [-0.1, -0.05) is 19.1 Å². The minimum atomic E-state index is -3.28. The van der Waals surface area contributed by atoms with Crippen molar-refractivity contribution in [1.82, 2.24) is 9.03 Å². The highest BCUT2D eigenvalue weighted by Crippen LogP contribution is 2.18. The molecule has 0 aromatic heterocycles. The third kappa shape index (κ3) is 3.26. The molecular formula is C13H21N3O2S. The van der Waals surface area contributed by atoms with E-state index in [1.54, 1.807) is 0 Å². The van der Waals surface area contributed by atoms with Gasteiger partial charge in [-0.25, -0.2) is 4.72 Å². The lowest BCUT2D eigenvalue weighted by molar-refractivity contribution is 0.380. The predicted octanol–water partition coefficient (Wildman–Crippen LogP) is 0.835. The second kappa shape index (κ2) is 5.90. The van der Waals surface area contributed by atoms with E-state index >= 15 is 0 Å². The van der Waals surface area contributed by atoms with Crippen molar-refractivity contribution in [2.24, 2.45) is 0 Å². The molecule has 1 heterocycles. The van der Waals surface area contributed by atoms with E-state index in [1.807, 2.05) is 0 Å². The smallest absolute Gasteiger partial charge is 0.279 e. The minimum Gasteiger partial charge on any atom is -0.369 e. The summed E-state index contributed by atoms with van der Waals surface area (Å²) in [7, 11) is -1.83. The number of piperazine rings is 1. The molecule has 0 aliphatic carbocycles. The van der Waals surface area contributed by atoms with E-state index in [4.69, 9.17) is 0 Å². The average Bonchev–Trinajstić information content (AvgIpc) is 2.47. The molecule has 19 heavy (non-hydrogen) atoms. The van der Waals surface area contributed by atoms with Crippen LogP contribution in [-0.4, -0.2) is 45.9 Å². The van der Waals surface area contributed by atoms with Crippen LogP contribution in [-0.2, 0) is 16.6 Å². The molecule has 0 spiro atoms. The Balaban J connectivity index is 1.99. The van der Waals surface area contributed by atoms with Crippen LogP contribution in [0.4, 0.5) is 5.69 Å². The minimum absolute atomic E-state index is 0.526. The monoisotopic (exact) mass is 283 g/mol. The fourth-order valence-electron chi connectivity index (χ4n) is 2.26. The van der Waals surface area contributed by atoms with Crippen molar-refractivity contribution in [2.45, 2.75) is 13.3 Å². The van der Waals surface area contributed by atoms with E-state index in [2.05, 4.69) is 40.8 Å². The number of hydrogen-bond donors (Lipinski definition) is 1. The van der Waals surface area contributed by atoms with Gasteiger partial charge in [0.15, 0.2) is 0 Å². The van der Waals surface area contributed by atoms with Gasteiger partial charge in [0.1, 0.15) is 0 Å². The van der Waals surface area contributed by atoms with Crippen LogP contribution < -0.4 is 9.62 Å². The van der Waals surface area contributed by atoms with E-state index in [0.29, 0.717) is 13.1 Å². The number of benzene rings is 1. The molecule has 1 N–H and O–H groups in total. The number of aryl methyl sites for hydroxylation is 1. The summed E-state index contributed by atoms with van der Waals surface area (Å²) in [5.74, 6) is 0. The number of rotatable bonds is 4. The van der Waals surface area contributed by atoms with Gasteiger partial charge in [0.25, 0.3) is 10.2 Å². The third-order valence-electron chi connectivity index (χ3n) is 3.55. The van der Waals surface area contributed by atoms with Gasteiger partial charge < -0.3 is 4.90 Å². The summed E-state index contributed by atoms with van der Waals surface area (Å²) < 4.78 is 27.2. The number of nitrogens with zero attached hydrogens (tertiary/aromatic N) is 2. The molecule has 2 rings (SSSR count). The van der Waals surface area contributed by atoms with E-state index in [0.717, 1.165) is 19.5 Å². The second-order valence-electron chi connectivity index (χ2n) is 4.62. The molecule has 0 amide bonds. The van der Waals surface area contributed by atoms with Gasteiger partial charge >= 0.3 is 0 Å². The molecule has 6 heteroatoms. The Kier molecular flexibility index (Phi) is 4.44. The van der Waals surface area contributed by atoms with Gasteiger partial charge in [0.2, 0.25) is 0 Å². The number of nitrogens with one attached hydrogen (secondary N) is 1. The highest BCUT2D eigenvalue weighted by molar-refractivity contribution is 7.87. The predicted molar refractivity (Wildman–Crippen MR) is 77.6 cm³/mol. The van der Waals surface area contributed by atoms with Gasteiger partial charge in [-0.2, -0.15) is 12.7 Å². The molecule has 0 unspecified atom stereocenters. The van der Waals surface area contributed by atoms with Crippen LogP contribution in [0.5, 0.6) is 0 Å². The summed E-state index contributed by atoms with van der Waals surface area (Å²) in [4.78, 5) is 2.22. The zero-order chi connectivity index (χ0) is 13.9. The maximum absolute atomic E-state index is 11.7. The van der Waals surface area contributed by atoms with Crippen LogP contribution in [0.1, 0.15) is 12.5 Å². The highest BCUT2D eigenvalue weighted by atomic mass is 32.2. The zero-order valence-corrected chi connectivity index (χ0v) is 12.3. The highest BCUT2D eigenvalue weighted by Gasteiger charge is 2.25. The first-order valence-electron chi connectivity index (χ1n) is 6.59. The van der Waals surface area contributed by atoms with Crippen molar-refractivity contribution in [3.05, 3.63) is 29.8 Å². The lowest BCUT2D eigenvalue weighted by atomic mass is 10.1. The molecule has 1 aromatic carbocycles. The first kappa shape index (κ1) is 14.3. The standard InChI is InChI=1S/C13H21N3O2S/c1-3-12-4-6-13(7-5-12)15-8-10-16(11-9-15)19(17,18)14-2/h4-7,14H,3,8-11H2,1-2H3. The van der Waals surface area contributed by atoms with Crippen molar-refractivity contribution in [2.75, 3.05) is 38.1 Å². The molecule has 0 bridgehead atoms. The van der Waals surface area contributed by atoms with Crippen LogP contribution >= 0.6 is 0 Å². The molecule has 5 nitrogen and oxygen atoms in total. The van der Waals surface area contributed by atoms with E-state index in [9.17, 15) is 8.42 Å². The number of anilines is 1. The van der Waals surface area contributed by atoms with Crippen LogP contribution in [0.25, 0.3) is 0 Å². The first-order chi connectivity index (χ1) is 9.06. The Morgan fingerprint density at radius 2 is 1.68 bits per heavy atom. The van der Waals surface area contributed by atoms with Crippen molar-refractivity contribution >= 4 is 15.9 Å². The van der Waals surface area contributed by atoms with Crippen LogP contribution in [0.2, 0.25) is 0 Å². The van der Waals surface area contributed by atoms with Crippen molar-refractivity contribution < 1.29 is 8.42 Å². The molecule has 0 atom stereocenters. The quantitative estimate of drug-likeness (QED) is 0.891. The van der Waals surface area contributed by atoms with E-state index in [1.165, 1.54) is 22.6 Å². The van der Waals surface area contributed by atoms with Crippen molar-refractivity contribution in [3.8, 4) is 0 Å². The van der Waals surface area contributed by atoms with E-state index in [-0.39, 0.29) is 0 Å². The van der Waals surface area contributed by atoms with Gasteiger partial charge in [-0.3, -0.25) is 0 Å². The van der Waals surface area contributed by atoms with Gasteiger partial charge in [-0.15, -0.1) is 0 Å². The maximum Gasteiger partial charge on any atom is 0.279 e. The molecule has 1 saturated heterocycles. The SMILES string of the molecule is CCc1ccc(N2CCN(S(=O)(=O)NC)CC2)cc1. The summed E-state index contributed by atoms with van der Waals surface area (Å²) in [6.07, 6.45) is 1.04. The Hall–Kier alpha value is -1.11. The molecule has 1 aliphatic heterocycles. The number of hydrogen-bond acceptors (Lipinski definition) is 3. The Labute approximate surface area is 115 Å².